The summed E-state index contributed by atoms with van der Waals surface area (Å²) in [4.78, 5) is 2.15. The minimum Gasteiger partial charge on any atom is -0.495 e. The second-order valence-corrected chi connectivity index (χ2v) is 7.50. The predicted molar refractivity (Wildman–Crippen MR) is 84.2 cm³/mol. The fourth-order valence-corrected chi connectivity index (χ4v) is 3.88. The lowest BCUT2D eigenvalue weighted by Gasteiger charge is -2.36. The number of nitrogens with two attached hydrogens (primary N) is 1. The first-order chi connectivity index (χ1) is 10.0. The van der Waals surface area contributed by atoms with Crippen LogP contribution in [-0.2, 0) is 10.0 Å². The van der Waals surface area contributed by atoms with Crippen LogP contribution < -0.4 is 15.4 Å². The molecule has 0 aromatic heterocycles. The molecule has 6 nitrogen and oxygen atoms in total. The van der Waals surface area contributed by atoms with Gasteiger partial charge in [-0.3, -0.25) is 0 Å². The lowest BCUT2D eigenvalue weighted by Crippen LogP contribution is -2.51. The number of nitrogens with zero attached hydrogens (tertiary/aromatic N) is 2. The largest absolute Gasteiger partial charge is 0.495 e. The van der Waals surface area contributed by atoms with Crippen LogP contribution in [-0.4, -0.2) is 57.8 Å². The first-order valence-electron chi connectivity index (χ1n) is 7.07. The van der Waals surface area contributed by atoms with Crippen molar-refractivity contribution in [1.82, 2.24) is 4.31 Å². The standard InChI is InChI=1S/C14H23N3O3S/c1-12(11-15)21(18,19)17-9-7-16(8-10-17)13-5-3-4-6-14(13)20-2/h3-6,12H,7-11,15H2,1-2H3. The summed E-state index contributed by atoms with van der Waals surface area (Å²) < 4.78 is 31.5. The zero-order valence-corrected chi connectivity index (χ0v) is 13.3. The molecule has 2 N–H and O–H groups in total. The molecular formula is C14H23N3O3S. The van der Waals surface area contributed by atoms with E-state index in [1.807, 2.05) is 24.3 Å². The normalized spacial score (nSPS) is 18.5. The Morgan fingerprint density at radius 3 is 2.43 bits per heavy atom. The highest BCUT2D eigenvalue weighted by atomic mass is 32.2. The summed E-state index contributed by atoms with van der Waals surface area (Å²) in [5, 5.41) is -0.532. The van der Waals surface area contributed by atoms with Crippen molar-refractivity contribution in [3.63, 3.8) is 0 Å². The number of rotatable bonds is 5. The van der Waals surface area contributed by atoms with Crippen LogP contribution in [0.15, 0.2) is 24.3 Å². The van der Waals surface area contributed by atoms with Gasteiger partial charge >= 0.3 is 0 Å². The second kappa shape index (κ2) is 6.64. The molecule has 0 radical (unpaired) electrons. The van der Waals surface area contributed by atoms with Gasteiger partial charge in [0.05, 0.1) is 18.0 Å². The van der Waals surface area contributed by atoms with Crippen LogP contribution in [0.4, 0.5) is 5.69 Å². The maximum atomic E-state index is 12.3. The molecular weight excluding hydrogens is 290 g/mol. The zero-order chi connectivity index (χ0) is 15.5. The molecule has 0 spiro atoms. The van der Waals surface area contributed by atoms with Gasteiger partial charge in [-0.2, -0.15) is 4.31 Å². The predicted octanol–water partition coefficient (Wildman–Crippen LogP) is 0.494. The number of hydrogen-bond acceptors (Lipinski definition) is 5. The first-order valence-corrected chi connectivity index (χ1v) is 8.58. The minimum atomic E-state index is -3.28. The molecule has 1 saturated heterocycles. The van der Waals surface area contributed by atoms with Gasteiger partial charge in [-0.1, -0.05) is 12.1 Å². The summed E-state index contributed by atoms with van der Waals surface area (Å²) >= 11 is 0. The second-order valence-electron chi connectivity index (χ2n) is 5.15. The number of anilines is 1. The van der Waals surface area contributed by atoms with E-state index < -0.39 is 15.3 Å². The number of sulfonamides is 1. The number of piperazine rings is 1. The number of methoxy groups -OCH3 is 1. The number of ether oxygens (including phenoxy) is 1. The molecule has 118 valence electrons. The molecule has 1 aliphatic rings. The smallest absolute Gasteiger partial charge is 0.218 e. The van der Waals surface area contributed by atoms with Gasteiger partial charge in [0, 0.05) is 32.7 Å². The van der Waals surface area contributed by atoms with E-state index in [9.17, 15) is 8.42 Å². The van der Waals surface area contributed by atoms with Crippen molar-refractivity contribution in [2.45, 2.75) is 12.2 Å². The quantitative estimate of drug-likeness (QED) is 0.856. The van der Waals surface area contributed by atoms with E-state index in [0.29, 0.717) is 26.2 Å². The topological polar surface area (TPSA) is 75.9 Å². The Hall–Kier alpha value is -1.31. The number of hydrogen-bond donors (Lipinski definition) is 1. The Morgan fingerprint density at radius 1 is 1.24 bits per heavy atom. The van der Waals surface area contributed by atoms with E-state index in [1.165, 1.54) is 4.31 Å². The summed E-state index contributed by atoms with van der Waals surface area (Å²) in [6.45, 7) is 4.06. The van der Waals surface area contributed by atoms with Crippen LogP contribution in [0.2, 0.25) is 0 Å². The molecule has 7 heteroatoms. The summed E-state index contributed by atoms with van der Waals surface area (Å²) in [6.07, 6.45) is 0. The molecule has 0 bridgehead atoms. The van der Waals surface area contributed by atoms with Crippen molar-refractivity contribution < 1.29 is 13.2 Å². The summed E-state index contributed by atoms with van der Waals surface area (Å²) in [7, 11) is -1.64. The minimum absolute atomic E-state index is 0.148. The van der Waals surface area contributed by atoms with E-state index >= 15 is 0 Å². The van der Waals surface area contributed by atoms with E-state index in [2.05, 4.69) is 4.90 Å². The lowest BCUT2D eigenvalue weighted by molar-refractivity contribution is 0.374. The van der Waals surface area contributed by atoms with Gasteiger partial charge in [-0.05, 0) is 19.1 Å². The van der Waals surface area contributed by atoms with Crippen molar-refractivity contribution in [2.24, 2.45) is 5.73 Å². The van der Waals surface area contributed by atoms with Crippen molar-refractivity contribution in [3.8, 4) is 5.75 Å². The van der Waals surface area contributed by atoms with E-state index in [0.717, 1.165) is 11.4 Å². The molecule has 1 unspecified atom stereocenters. The summed E-state index contributed by atoms with van der Waals surface area (Å²) in [5.74, 6) is 0.809. The monoisotopic (exact) mass is 313 g/mol. The van der Waals surface area contributed by atoms with Crippen LogP contribution in [0, 0.1) is 0 Å². The van der Waals surface area contributed by atoms with E-state index in [4.69, 9.17) is 10.5 Å². The van der Waals surface area contributed by atoms with Crippen molar-refractivity contribution >= 4 is 15.7 Å². The average Bonchev–Trinajstić information content (AvgIpc) is 2.54. The molecule has 1 aliphatic heterocycles. The van der Waals surface area contributed by atoms with E-state index in [1.54, 1.807) is 14.0 Å². The third kappa shape index (κ3) is 3.30. The van der Waals surface area contributed by atoms with Gasteiger partial charge in [-0.25, -0.2) is 8.42 Å². The molecule has 0 amide bonds. The molecule has 2 rings (SSSR count). The molecule has 0 saturated carbocycles. The molecule has 1 atom stereocenters. The maximum absolute atomic E-state index is 12.3. The highest BCUT2D eigenvalue weighted by Gasteiger charge is 2.31. The van der Waals surface area contributed by atoms with Gasteiger partial charge in [0.2, 0.25) is 10.0 Å². The molecule has 1 aromatic rings. The van der Waals surface area contributed by atoms with Crippen LogP contribution in [0.1, 0.15) is 6.92 Å². The average molecular weight is 313 g/mol. The highest BCUT2D eigenvalue weighted by molar-refractivity contribution is 7.89. The van der Waals surface area contributed by atoms with Gasteiger partial charge in [-0.15, -0.1) is 0 Å². The van der Waals surface area contributed by atoms with E-state index in [-0.39, 0.29) is 6.54 Å². The SMILES string of the molecule is COc1ccccc1N1CCN(S(=O)(=O)C(C)CN)CC1. The van der Waals surface area contributed by atoms with Gasteiger partial charge in [0.25, 0.3) is 0 Å². The first kappa shape index (κ1) is 16.1. The Bertz CT molecular complexity index is 569. The lowest BCUT2D eigenvalue weighted by atomic mass is 10.2. The molecule has 1 fully saturated rings. The van der Waals surface area contributed by atoms with Gasteiger partial charge < -0.3 is 15.4 Å². The maximum Gasteiger partial charge on any atom is 0.218 e. The zero-order valence-electron chi connectivity index (χ0n) is 12.5. The Balaban J connectivity index is 2.07. The van der Waals surface area contributed by atoms with Gasteiger partial charge in [0.15, 0.2) is 0 Å². The third-order valence-corrected chi connectivity index (χ3v) is 6.16. The number of para-hydroxylation sites is 2. The van der Waals surface area contributed by atoms with Crippen LogP contribution in [0.3, 0.4) is 0 Å². The van der Waals surface area contributed by atoms with Crippen molar-refractivity contribution in [1.29, 1.82) is 0 Å². The highest BCUT2D eigenvalue weighted by Crippen LogP contribution is 2.28. The fraction of sp³-hybridized carbons (Fsp3) is 0.571. The van der Waals surface area contributed by atoms with Gasteiger partial charge in [0.1, 0.15) is 5.75 Å². The Morgan fingerprint density at radius 2 is 1.86 bits per heavy atom. The molecule has 1 aromatic carbocycles. The summed E-state index contributed by atoms with van der Waals surface area (Å²) in [5.41, 5.74) is 6.49. The molecule has 1 heterocycles. The third-order valence-electron chi connectivity index (χ3n) is 3.86. The Kier molecular flexibility index (Phi) is 5.08. The molecule has 0 aliphatic carbocycles. The van der Waals surface area contributed by atoms with Crippen LogP contribution >= 0.6 is 0 Å². The van der Waals surface area contributed by atoms with Crippen molar-refractivity contribution in [2.75, 3.05) is 44.7 Å². The Labute approximate surface area is 126 Å². The number of benzene rings is 1. The molecule has 21 heavy (non-hydrogen) atoms. The van der Waals surface area contributed by atoms with Crippen LogP contribution in [0.25, 0.3) is 0 Å². The van der Waals surface area contributed by atoms with Crippen LogP contribution in [0.5, 0.6) is 5.75 Å². The summed E-state index contributed by atoms with van der Waals surface area (Å²) in [6, 6.07) is 7.78. The fourth-order valence-electron chi connectivity index (χ4n) is 2.45. The van der Waals surface area contributed by atoms with Crippen molar-refractivity contribution in [3.05, 3.63) is 24.3 Å².